The largest absolute Gasteiger partial charge is 0.469 e. The van der Waals surface area contributed by atoms with E-state index in [1.54, 1.807) is 6.08 Å². The molecular weight excluding hydrogens is 267 g/mol. The number of carbonyl (C=O) groups is 1. The van der Waals surface area contributed by atoms with Crippen molar-refractivity contribution in [2.45, 2.75) is 77.6 Å². The number of ether oxygens (including phenoxy) is 1. The lowest BCUT2D eigenvalue weighted by molar-refractivity contribution is -0.140. The molecule has 0 rings (SSSR count). The minimum Gasteiger partial charge on any atom is -0.469 e. The molecule has 0 aliphatic carbocycles. The number of hydrogen-bond acceptors (Lipinski definition) is 2. The summed E-state index contributed by atoms with van der Waals surface area (Å²) in [5.74, 6) is -0.150. The van der Waals surface area contributed by atoms with Crippen LogP contribution in [0.15, 0.2) is 24.1 Å². The molecule has 0 heterocycles. The minimum atomic E-state index is -0.130. The molecule has 0 fully saturated rings. The van der Waals surface area contributed by atoms with Crippen LogP contribution in [0.3, 0.4) is 0 Å². The van der Waals surface area contributed by atoms with E-state index in [1.165, 1.54) is 20.0 Å². The second kappa shape index (κ2) is 15.3. The third kappa shape index (κ3) is 15.1. The van der Waals surface area contributed by atoms with E-state index in [2.05, 4.69) is 11.7 Å². The molecule has 0 aromatic heterocycles. The van der Waals surface area contributed by atoms with Crippen molar-refractivity contribution in [3.8, 4) is 0 Å². The molecule has 122 valence electrons. The maximum Gasteiger partial charge on any atom is 0.305 e. The zero-order chi connectivity index (χ0) is 15.8. The first-order valence-electron chi connectivity index (χ1n) is 8.28. The molecule has 0 atom stereocenters. The van der Waals surface area contributed by atoms with E-state index < -0.39 is 0 Å². The molecule has 0 aromatic carbocycles. The first-order chi connectivity index (χ1) is 10.2. The third-order valence-corrected chi connectivity index (χ3v) is 3.41. The van der Waals surface area contributed by atoms with Gasteiger partial charge in [-0.25, -0.2) is 4.39 Å². The van der Waals surface area contributed by atoms with Gasteiger partial charge in [-0.3, -0.25) is 4.79 Å². The summed E-state index contributed by atoms with van der Waals surface area (Å²) in [6, 6.07) is 0. The SMILES string of the molecule is CCCC/C=C/C=C(/F)CCCCCCCCC(=O)OC. The molecule has 0 unspecified atom stereocenters. The quantitative estimate of drug-likeness (QED) is 0.241. The van der Waals surface area contributed by atoms with Crippen LogP contribution in [0, 0.1) is 0 Å². The Morgan fingerprint density at radius 1 is 1.00 bits per heavy atom. The maximum absolute atomic E-state index is 13.4. The van der Waals surface area contributed by atoms with E-state index in [9.17, 15) is 9.18 Å². The van der Waals surface area contributed by atoms with Gasteiger partial charge in [-0.1, -0.05) is 57.6 Å². The van der Waals surface area contributed by atoms with Crippen LogP contribution in [0.1, 0.15) is 77.6 Å². The van der Waals surface area contributed by atoms with Gasteiger partial charge in [-0.2, -0.15) is 0 Å². The van der Waals surface area contributed by atoms with Gasteiger partial charge in [0.15, 0.2) is 0 Å². The highest BCUT2D eigenvalue weighted by Gasteiger charge is 1.99. The fraction of sp³-hybridized carbons (Fsp3) is 0.722. The highest BCUT2D eigenvalue weighted by molar-refractivity contribution is 5.68. The number of carbonyl (C=O) groups excluding carboxylic acids is 1. The Hall–Kier alpha value is -1.12. The summed E-state index contributed by atoms with van der Waals surface area (Å²) >= 11 is 0. The van der Waals surface area contributed by atoms with Gasteiger partial charge in [0.1, 0.15) is 0 Å². The summed E-state index contributed by atoms with van der Waals surface area (Å²) in [4.78, 5) is 10.9. The Morgan fingerprint density at radius 2 is 1.62 bits per heavy atom. The Labute approximate surface area is 129 Å². The zero-order valence-electron chi connectivity index (χ0n) is 13.7. The standard InChI is InChI=1S/C18H31FO2/c1-3-4-5-8-11-14-17(19)15-12-9-6-7-10-13-16-18(20)21-2/h8,11,14H,3-7,9-10,12-13,15-16H2,1-2H3/b11-8+,17-14+. The van der Waals surface area contributed by atoms with Gasteiger partial charge in [0.2, 0.25) is 0 Å². The molecule has 0 bridgehead atoms. The molecule has 0 radical (unpaired) electrons. The van der Waals surface area contributed by atoms with Crippen molar-refractivity contribution in [1.82, 2.24) is 0 Å². The number of rotatable bonds is 13. The predicted octanol–water partition coefficient (Wildman–Crippen LogP) is 5.88. The summed E-state index contributed by atoms with van der Waals surface area (Å²) < 4.78 is 18.0. The Bertz CT molecular complexity index is 308. The Kier molecular flexibility index (Phi) is 14.5. The van der Waals surface area contributed by atoms with E-state index in [0.717, 1.165) is 44.9 Å². The van der Waals surface area contributed by atoms with Crippen molar-refractivity contribution in [3.63, 3.8) is 0 Å². The van der Waals surface area contributed by atoms with Crippen molar-refractivity contribution >= 4 is 5.97 Å². The smallest absolute Gasteiger partial charge is 0.305 e. The number of unbranched alkanes of at least 4 members (excludes halogenated alkanes) is 7. The van der Waals surface area contributed by atoms with Crippen molar-refractivity contribution < 1.29 is 13.9 Å². The second-order valence-electron chi connectivity index (χ2n) is 5.38. The number of hydrogen-bond donors (Lipinski definition) is 0. The van der Waals surface area contributed by atoms with Crippen molar-refractivity contribution in [2.75, 3.05) is 7.11 Å². The van der Waals surface area contributed by atoms with E-state index in [-0.39, 0.29) is 11.8 Å². The summed E-state index contributed by atoms with van der Waals surface area (Å²) in [6.45, 7) is 2.15. The topological polar surface area (TPSA) is 26.3 Å². The van der Waals surface area contributed by atoms with E-state index >= 15 is 0 Å². The molecule has 0 amide bonds. The van der Waals surface area contributed by atoms with Crippen LogP contribution in [-0.2, 0) is 9.53 Å². The van der Waals surface area contributed by atoms with Crippen LogP contribution >= 0.6 is 0 Å². The van der Waals surface area contributed by atoms with Gasteiger partial charge in [-0.05, 0) is 31.8 Å². The van der Waals surface area contributed by atoms with Gasteiger partial charge in [0.25, 0.3) is 0 Å². The number of allylic oxidation sites excluding steroid dienone is 4. The van der Waals surface area contributed by atoms with E-state index in [4.69, 9.17) is 0 Å². The molecule has 0 aliphatic rings. The molecule has 3 heteroatoms. The molecule has 0 aliphatic heterocycles. The molecule has 0 saturated heterocycles. The number of methoxy groups -OCH3 is 1. The van der Waals surface area contributed by atoms with Crippen LogP contribution in [0.5, 0.6) is 0 Å². The highest BCUT2D eigenvalue weighted by atomic mass is 19.1. The fourth-order valence-corrected chi connectivity index (χ4v) is 2.05. The van der Waals surface area contributed by atoms with Gasteiger partial charge < -0.3 is 4.74 Å². The summed E-state index contributed by atoms with van der Waals surface area (Å²) in [5, 5.41) is 0. The number of halogens is 1. The predicted molar refractivity (Wildman–Crippen MR) is 86.8 cm³/mol. The van der Waals surface area contributed by atoms with Gasteiger partial charge in [0.05, 0.1) is 12.9 Å². The van der Waals surface area contributed by atoms with Crippen LogP contribution in [0.25, 0.3) is 0 Å². The van der Waals surface area contributed by atoms with Crippen LogP contribution in [0.2, 0.25) is 0 Å². The lowest BCUT2D eigenvalue weighted by Crippen LogP contribution is -1.99. The second-order valence-corrected chi connectivity index (χ2v) is 5.38. The summed E-state index contributed by atoms with van der Waals surface area (Å²) in [6.07, 6.45) is 16.0. The monoisotopic (exact) mass is 298 g/mol. The molecule has 0 saturated carbocycles. The first kappa shape index (κ1) is 19.9. The third-order valence-electron chi connectivity index (χ3n) is 3.41. The highest BCUT2D eigenvalue weighted by Crippen LogP contribution is 2.13. The minimum absolute atomic E-state index is 0.0200. The Balaban J connectivity index is 3.39. The zero-order valence-corrected chi connectivity index (χ0v) is 13.7. The Morgan fingerprint density at radius 3 is 2.24 bits per heavy atom. The van der Waals surface area contributed by atoms with Crippen molar-refractivity contribution in [2.24, 2.45) is 0 Å². The molecule has 0 aromatic rings. The van der Waals surface area contributed by atoms with Crippen LogP contribution in [-0.4, -0.2) is 13.1 Å². The summed E-state index contributed by atoms with van der Waals surface area (Å²) in [5.41, 5.74) is 0. The van der Waals surface area contributed by atoms with Gasteiger partial charge in [0, 0.05) is 6.42 Å². The fourth-order valence-electron chi connectivity index (χ4n) is 2.05. The van der Waals surface area contributed by atoms with E-state index in [1.807, 2.05) is 12.2 Å². The first-order valence-corrected chi connectivity index (χ1v) is 8.28. The van der Waals surface area contributed by atoms with Crippen molar-refractivity contribution in [1.29, 1.82) is 0 Å². The lowest BCUT2D eigenvalue weighted by Gasteiger charge is -2.01. The molecule has 2 nitrogen and oxygen atoms in total. The van der Waals surface area contributed by atoms with Gasteiger partial charge in [-0.15, -0.1) is 0 Å². The van der Waals surface area contributed by atoms with Crippen molar-refractivity contribution in [3.05, 3.63) is 24.1 Å². The summed E-state index contributed by atoms with van der Waals surface area (Å²) in [7, 11) is 1.42. The molecular formula is C18H31FO2. The molecule has 21 heavy (non-hydrogen) atoms. The van der Waals surface area contributed by atoms with Crippen LogP contribution < -0.4 is 0 Å². The average molecular weight is 298 g/mol. The van der Waals surface area contributed by atoms with Gasteiger partial charge >= 0.3 is 5.97 Å². The molecule has 0 N–H and O–H groups in total. The average Bonchev–Trinajstić information content (AvgIpc) is 2.49. The molecule has 0 spiro atoms. The van der Waals surface area contributed by atoms with Crippen LogP contribution in [0.4, 0.5) is 4.39 Å². The van der Waals surface area contributed by atoms with E-state index in [0.29, 0.717) is 12.8 Å². The normalized spacial score (nSPS) is 12.0. The number of esters is 1. The lowest BCUT2D eigenvalue weighted by atomic mass is 10.1. The maximum atomic E-state index is 13.4.